The van der Waals surface area contributed by atoms with Crippen LogP contribution < -0.4 is 4.74 Å². The summed E-state index contributed by atoms with van der Waals surface area (Å²) in [6.07, 6.45) is -0.813. The van der Waals surface area contributed by atoms with E-state index in [0.29, 0.717) is 0 Å². The van der Waals surface area contributed by atoms with Gasteiger partial charge in [-0.05, 0) is 34.5 Å². The van der Waals surface area contributed by atoms with E-state index >= 15 is 0 Å². The van der Waals surface area contributed by atoms with Gasteiger partial charge in [0.2, 0.25) is 0 Å². The number of methoxy groups -OCH3 is 1. The molecule has 2 N–H and O–H groups in total. The average Bonchev–Trinajstić information content (AvgIpc) is 2.36. The van der Waals surface area contributed by atoms with E-state index in [1.807, 2.05) is 36.4 Å². The standard InChI is InChI=1S/C13H14O3/c1-16-12-5-4-9-6-11(13(15)8-14)3-2-10(9)7-12/h2-7,13-15H,8H2,1H3. The van der Waals surface area contributed by atoms with Crippen LogP contribution in [0.3, 0.4) is 0 Å². The minimum atomic E-state index is -0.813. The van der Waals surface area contributed by atoms with Gasteiger partial charge in [0.05, 0.1) is 13.7 Å². The molecule has 0 aliphatic carbocycles. The number of fused-ring (bicyclic) bond motifs is 1. The fourth-order valence-corrected chi connectivity index (χ4v) is 1.68. The van der Waals surface area contributed by atoms with Gasteiger partial charge in [-0.1, -0.05) is 18.2 Å². The van der Waals surface area contributed by atoms with Gasteiger partial charge in [-0.2, -0.15) is 0 Å². The molecule has 0 spiro atoms. The van der Waals surface area contributed by atoms with Gasteiger partial charge in [0, 0.05) is 0 Å². The van der Waals surface area contributed by atoms with Crippen LogP contribution in [0.1, 0.15) is 11.7 Å². The van der Waals surface area contributed by atoms with E-state index in [9.17, 15) is 5.11 Å². The summed E-state index contributed by atoms with van der Waals surface area (Å²) in [4.78, 5) is 0. The van der Waals surface area contributed by atoms with Crippen LogP contribution in [0.15, 0.2) is 36.4 Å². The number of rotatable bonds is 3. The maximum Gasteiger partial charge on any atom is 0.119 e. The van der Waals surface area contributed by atoms with Crippen LogP contribution in [-0.2, 0) is 0 Å². The maximum atomic E-state index is 9.51. The topological polar surface area (TPSA) is 49.7 Å². The molecule has 0 bridgehead atoms. The second-order valence-corrected chi connectivity index (χ2v) is 3.67. The molecule has 0 saturated carbocycles. The van der Waals surface area contributed by atoms with E-state index in [1.165, 1.54) is 0 Å². The summed E-state index contributed by atoms with van der Waals surface area (Å²) in [5.74, 6) is 0.808. The third-order valence-corrected chi connectivity index (χ3v) is 2.63. The Kier molecular flexibility index (Phi) is 3.08. The Labute approximate surface area is 93.9 Å². The van der Waals surface area contributed by atoms with Crippen LogP contribution in [-0.4, -0.2) is 23.9 Å². The highest BCUT2D eigenvalue weighted by Gasteiger charge is 2.06. The molecular formula is C13H14O3. The van der Waals surface area contributed by atoms with Crippen molar-refractivity contribution in [2.75, 3.05) is 13.7 Å². The number of hydrogen-bond donors (Lipinski definition) is 2. The van der Waals surface area contributed by atoms with E-state index in [4.69, 9.17) is 9.84 Å². The first-order chi connectivity index (χ1) is 7.74. The predicted molar refractivity (Wildman–Crippen MR) is 62.5 cm³/mol. The third-order valence-electron chi connectivity index (χ3n) is 2.63. The van der Waals surface area contributed by atoms with Crippen molar-refractivity contribution in [3.05, 3.63) is 42.0 Å². The predicted octanol–water partition coefficient (Wildman–Crippen LogP) is 1.87. The summed E-state index contributed by atoms with van der Waals surface area (Å²) < 4.78 is 5.13. The van der Waals surface area contributed by atoms with Crippen molar-refractivity contribution in [3.63, 3.8) is 0 Å². The minimum Gasteiger partial charge on any atom is -0.497 e. The molecule has 3 nitrogen and oxygen atoms in total. The van der Waals surface area contributed by atoms with Crippen molar-refractivity contribution in [3.8, 4) is 5.75 Å². The zero-order valence-electron chi connectivity index (χ0n) is 9.05. The number of hydrogen-bond acceptors (Lipinski definition) is 3. The van der Waals surface area contributed by atoms with Crippen molar-refractivity contribution in [1.29, 1.82) is 0 Å². The highest BCUT2D eigenvalue weighted by Crippen LogP contribution is 2.24. The Balaban J connectivity index is 2.47. The summed E-state index contributed by atoms with van der Waals surface area (Å²) >= 11 is 0. The second kappa shape index (κ2) is 4.51. The van der Waals surface area contributed by atoms with Crippen molar-refractivity contribution in [2.45, 2.75) is 6.10 Å². The van der Waals surface area contributed by atoms with Gasteiger partial charge in [0.25, 0.3) is 0 Å². The van der Waals surface area contributed by atoms with E-state index in [0.717, 1.165) is 22.1 Å². The largest absolute Gasteiger partial charge is 0.497 e. The number of benzene rings is 2. The highest BCUT2D eigenvalue weighted by atomic mass is 16.5. The Hall–Kier alpha value is -1.58. The molecule has 2 aromatic carbocycles. The normalized spacial score (nSPS) is 12.7. The number of aliphatic hydroxyl groups excluding tert-OH is 2. The van der Waals surface area contributed by atoms with E-state index in [2.05, 4.69) is 0 Å². The highest BCUT2D eigenvalue weighted by molar-refractivity contribution is 5.84. The molecule has 1 unspecified atom stereocenters. The molecule has 84 valence electrons. The minimum absolute atomic E-state index is 0.262. The molecule has 2 aromatic rings. The van der Waals surface area contributed by atoms with Crippen molar-refractivity contribution >= 4 is 10.8 Å². The summed E-state index contributed by atoms with van der Waals surface area (Å²) in [5.41, 5.74) is 0.722. The fourth-order valence-electron chi connectivity index (χ4n) is 1.68. The molecule has 0 aliphatic heterocycles. The van der Waals surface area contributed by atoms with Crippen molar-refractivity contribution < 1.29 is 14.9 Å². The van der Waals surface area contributed by atoms with Crippen LogP contribution in [0.5, 0.6) is 5.75 Å². The van der Waals surface area contributed by atoms with Crippen LogP contribution in [0.2, 0.25) is 0 Å². The van der Waals surface area contributed by atoms with Crippen LogP contribution in [0.4, 0.5) is 0 Å². The summed E-state index contributed by atoms with van der Waals surface area (Å²) in [6.45, 7) is -0.262. The zero-order valence-corrected chi connectivity index (χ0v) is 9.05. The molecule has 3 heteroatoms. The van der Waals surface area contributed by atoms with E-state index in [1.54, 1.807) is 7.11 Å². The van der Waals surface area contributed by atoms with E-state index < -0.39 is 6.10 Å². The molecular weight excluding hydrogens is 204 g/mol. The molecule has 0 aliphatic rings. The smallest absolute Gasteiger partial charge is 0.119 e. The van der Waals surface area contributed by atoms with Gasteiger partial charge >= 0.3 is 0 Å². The fraction of sp³-hybridized carbons (Fsp3) is 0.231. The quantitative estimate of drug-likeness (QED) is 0.827. The molecule has 1 atom stereocenters. The van der Waals surface area contributed by atoms with Gasteiger partial charge in [0.15, 0.2) is 0 Å². The molecule has 2 rings (SSSR count). The SMILES string of the molecule is COc1ccc2cc(C(O)CO)ccc2c1. The molecule has 16 heavy (non-hydrogen) atoms. The summed E-state index contributed by atoms with van der Waals surface area (Å²) in [5, 5.41) is 20.5. The van der Waals surface area contributed by atoms with Crippen LogP contribution >= 0.6 is 0 Å². The molecule has 0 amide bonds. The summed E-state index contributed by atoms with van der Waals surface area (Å²) in [6, 6.07) is 11.3. The van der Waals surface area contributed by atoms with Gasteiger partial charge in [-0.3, -0.25) is 0 Å². The lowest BCUT2D eigenvalue weighted by Crippen LogP contribution is -2.01. The second-order valence-electron chi connectivity index (χ2n) is 3.67. The number of ether oxygens (including phenoxy) is 1. The Morgan fingerprint density at radius 1 is 1.12 bits per heavy atom. The first-order valence-electron chi connectivity index (χ1n) is 5.11. The third kappa shape index (κ3) is 2.01. The first-order valence-corrected chi connectivity index (χ1v) is 5.11. The van der Waals surface area contributed by atoms with E-state index in [-0.39, 0.29) is 6.61 Å². The number of aliphatic hydroxyl groups is 2. The molecule has 0 heterocycles. The van der Waals surface area contributed by atoms with Gasteiger partial charge in [-0.15, -0.1) is 0 Å². The van der Waals surface area contributed by atoms with Gasteiger partial charge in [0.1, 0.15) is 11.9 Å². The average molecular weight is 218 g/mol. The monoisotopic (exact) mass is 218 g/mol. The van der Waals surface area contributed by atoms with Crippen molar-refractivity contribution in [2.24, 2.45) is 0 Å². The Morgan fingerprint density at radius 2 is 1.81 bits per heavy atom. The lowest BCUT2D eigenvalue weighted by molar-refractivity contribution is 0.0957. The Bertz CT molecular complexity index is 494. The molecule has 0 fully saturated rings. The summed E-state index contributed by atoms with van der Waals surface area (Å²) in [7, 11) is 1.63. The van der Waals surface area contributed by atoms with Crippen LogP contribution in [0, 0.1) is 0 Å². The first kappa shape index (κ1) is 10.9. The molecule has 0 saturated heterocycles. The van der Waals surface area contributed by atoms with Gasteiger partial charge < -0.3 is 14.9 Å². The van der Waals surface area contributed by atoms with Crippen LogP contribution in [0.25, 0.3) is 10.8 Å². The zero-order chi connectivity index (χ0) is 11.5. The lowest BCUT2D eigenvalue weighted by atomic mass is 10.0. The van der Waals surface area contributed by atoms with Gasteiger partial charge in [-0.25, -0.2) is 0 Å². The maximum absolute atomic E-state index is 9.51. The lowest BCUT2D eigenvalue weighted by Gasteiger charge is -2.09. The molecule has 0 aromatic heterocycles. The van der Waals surface area contributed by atoms with Crippen molar-refractivity contribution in [1.82, 2.24) is 0 Å². The molecule has 0 radical (unpaired) electrons. The Morgan fingerprint density at radius 3 is 2.50 bits per heavy atom.